The van der Waals surface area contributed by atoms with Gasteiger partial charge in [0.1, 0.15) is 11.6 Å². The van der Waals surface area contributed by atoms with E-state index in [1.165, 1.54) is 0 Å². The van der Waals surface area contributed by atoms with E-state index in [9.17, 15) is 0 Å². The van der Waals surface area contributed by atoms with Gasteiger partial charge in [0.25, 0.3) is 0 Å². The Kier molecular flexibility index (Phi) is 8.58. The molecule has 0 radical (unpaired) electrons. The van der Waals surface area contributed by atoms with Crippen molar-refractivity contribution in [3.63, 3.8) is 0 Å². The van der Waals surface area contributed by atoms with Crippen molar-refractivity contribution in [2.75, 3.05) is 19.8 Å². The Bertz CT molecular complexity index is 386. The van der Waals surface area contributed by atoms with Crippen LogP contribution in [0.2, 0.25) is 5.02 Å². The summed E-state index contributed by atoms with van der Waals surface area (Å²) < 4.78 is 10.9. The quantitative estimate of drug-likeness (QED) is 0.672. The first-order valence-corrected chi connectivity index (χ1v) is 7.59. The number of nitrogens with one attached hydrogen (secondary N) is 1. The summed E-state index contributed by atoms with van der Waals surface area (Å²) >= 11 is 6.15. The molecule has 0 fully saturated rings. The van der Waals surface area contributed by atoms with Crippen LogP contribution < -0.4 is 10.1 Å². The van der Waals surface area contributed by atoms with Crippen LogP contribution in [0.25, 0.3) is 0 Å². The fourth-order valence-corrected chi connectivity index (χ4v) is 1.78. The molecule has 114 valence electrons. The van der Waals surface area contributed by atoms with Crippen molar-refractivity contribution >= 4 is 11.6 Å². The van der Waals surface area contributed by atoms with E-state index >= 15 is 0 Å². The van der Waals surface area contributed by atoms with Crippen LogP contribution in [0.4, 0.5) is 0 Å². The lowest BCUT2D eigenvalue weighted by Crippen LogP contribution is -2.21. The lowest BCUT2D eigenvalue weighted by atomic mass is 10.2. The molecule has 0 aliphatic heterocycles. The largest absolute Gasteiger partial charge is 0.474 e. The Morgan fingerprint density at radius 3 is 2.75 bits per heavy atom. The molecule has 1 rings (SSSR count). The predicted octanol–water partition coefficient (Wildman–Crippen LogP) is 3.43. The second kappa shape index (κ2) is 9.97. The smallest absolute Gasteiger partial charge is 0.232 e. The van der Waals surface area contributed by atoms with Gasteiger partial charge in [0, 0.05) is 25.4 Å². The van der Waals surface area contributed by atoms with E-state index in [1.54, 1.807) is 6.20 Å². The molecule has 0 aromatic carbocycles. The van der Waals surface area contributed by atoms with Gasteiger partial charge in [0.05, 0.1) is 6.61 Å². The number of rotatable bonds is 10. The van der Waals surface area contributed by atoms with Crippen molar-refractivity contribution < 1.29 is 9.47 Å². The number of halogens is 1. The van der Waals surface area contributed by atoms with E-state index < -0.39 is 0 Å². The minimum absolute atomic E-state index is 0.435. The van der Waals surface area contributed by atoms with Crippen LogP contribution in [-0.4, -0.2) is 30.8 Å². The minimum Gasteiger partial charge on any atom is -0.474 e. The van der Waals surface area contributed by atoms with Gasteiger partial charge in [-0.15, -0.1) is 0 Å². The van der Waals surface area contributed by atoms with Crippen LogP contribution in [-0.2, 0) is 11.3 Å². The fraction of sp³-hybridized carbons (Fsp3) is 0.667. The zero-order valence-corrected chi connectivity index (χ0v) is 13.4. The van der Waals surface area contributed by atoms with Gasteiger partial charge in [0.15, 0.2) is 0 Å². The molecule has 0 aliphatic carbocycles. The van der Waals surface area contributed by atoms with Gasteiger partial charge in [-0.3, -0.25) is 0 Å². The third-order valence-electron chi connectivity index (χ3n) is 2.69. The number of pyridine rings is 1. The molecule has 0 amide bonds. The molecule has 1 N–H and O–H groups in total. The van der Waals surface area contributed by atoms with Crippen molar-refractivity contribution in [2.24, 2.45) is 0 Å². The SMILES string of the molecule is CCCCOCCOc1ncc(CNC(C)C)cc1Cl. The number of unbranched alkanes of at least 4 members (excludes halogenated alkanes) is 1. The highest BCUT2D eigenvalue weighted by molar-refractivity contribution is 6.31. The average molecular weight is 301 g/mol. The van der Waals surface area contributed by atoms with Crippen molar-refractivity contribution in [1.29, 1.82) is 0 Å². The van der Waals surface area contributed by atoms with Gasteiger partial charge >= 0.3 is 0 Å². The van der Waals surface area contributed by atoms with Crippen molar-refractivity contribution in [3.05, 3.63) is 22.8 Å². The molecule has 5 heteroatoms. The van der Waals surface area contributed by atoms with E-state index in [1.807, 2.05) is 6.07 Å². The summed E-state index contributed by atoms with van der Waals surface area (Å²) in [5.41, 5.74) is 1.05. The third-order valence-corrected chi connectivity index (χ3v) is 2.96. The van der Waals surface area contributed by atoms with Crippen LogP contribution in [0.15, 0.2) is 12.3 Å². The normalized spacial score (nSPS) is 11.1. The molecule has 0 saturated carbocycles. The Balaban J connectivity index is 2.32. The monoisotopic (exact) mass is 300 g/mol. The van der Waals surface area contributed by atoms with E-state index in [4.69, 9.17) is 21.1 Å². The molecule has 0 aliphatic rings. The summed E-state index contributed by atoms with van der Waals surface area (Å²) in [6.45, 7) is 8.91. The maximum absolute atomic E-state index is 6.15. The number of hydrogen-bond acceptors (Lipinski definition) is 4. The molecule has 0 unspecified atom stereocenters. The van der Waals surface area contributed by atoms with Crippen LogP contribution in [0.5, 0.6) is 5.88 Å². The molecule has 1 heterocycles. The third kappa shape index (κ3) is 7.08. The summed E-state index contributed by atoms with van der Waals surface area (Å²) in [7, 11) is 0. The van der Waals surface area contributed by atoms with Gasteiger partial charge in [-0.25, -0.2) is 4.98 Å². The average Bonchev–Trinajstić information content (AvgIpc) is 2.42. The first-order valence-electron chi connectivity index (χ1n) is 7.21. The fourth-order valence-electron chi connectivity index (χ4n) is 1.54. The summed E-state index contributed by atoms with van der Waals surface area (Å²) in [5, 5.41) is 3.86. The lowest BCUT2D eigenvalue weighted by Gasteiger charge is -2.10. The zero-order valence-electron chi connectivity index (χ0n) is 12.6. The summed E-state index contributed by atoms with van der Waals surface area (Å²) in [6.07, 6.45) is 4.01. The van der Waals surface area contributed by atoms with Gasteiger partial charge in [-0.1, -0.05) is 38.8 Å². The van der Waals surface area contributed by atoms with Crippen LogP contribution in [0.1, 0.15) is 39.2 Å². The first kappa shape index (κ1) is 17.2. The maximum Gasteiger partial charge on any atom is 0.232 e. The van der Waals surface area contributed by atoms with Crippen LogP contribution >= 0.6 is 11.6 Å². The molecule has 1 aromatic rings. The minimum atomic E-state index is 0.435. The molecule has 0 atom stereocenters. The molecule has 4 nitrogen and oxygen atoms in total. The second-order valence-corrected chi connectivity index (χ2v) is 5.39. The summed E-state index contributed by atoms with van der Waals surface area (Å²) in [4.78, 5) is 4.24. The molecular formula is C15H25ClN2O2. The Labute approximate surface area is 126 Å². The number of aromatic nitrogens is 1. The van der Waals surface area contributed by atoms with Gasteiger partial charge < -0.3 is 14.8 Å². The molecule has 1 aromatic heterocycles. The van der Waals surface area contributed by atoms with Gasteiger partial charge in [-0.05, 0) is 18.1 Å². The van der Waals surface area contributed by atoms with E-state index in [0.29, 0.717) is 30.2 Å². The second-order valence-electron chi connectivity index (χ2n) is 4.98. The zero-order chi connectivity index (χ0) is 14.8. The van der Waals surface area contributed by atoms with Gasteiger partial charge in [-0.2, -0.15) is 0 Å². The summed E-state index contributed by atoms with van der Waals surface area (Å²) in [6, 6.07) is 2.32. The molecule has 0 spiro atoms. The van der Waals surface area contributed by atoms with Crippen molar-refractivity contribution in [3.8, 4) is 5.88 Å². The molecule has 0 saturated heterocycles. The van der Waals surface area contributed by atoms with Crippen molar-refractivity contribution in [2.45, 2.75) is 46.2 Å². The number of nitrogens with zero attached hydrogens (tertiary/aromatic N) is 1. The van der Waals surface area contributed by atoms with Gasteiger partial charge in [0.2, 0.25) is 5.88 Å². The van der Waals surface area contributed by atoms with E-state index in [0.717, 1.165) is 31.6 Å². The van der Waals surface area contributed by atoms with Crippen LogP contribution in [0, 0.1) is 0 Å². The molecule has 0 bridgehead atoms. The molecular weight excluding hydrogens is 276 g/mol. The van der Waals surface area contributed by atoms with E-state index in [-0.39, 0.29) is 0 Å². The van der Waals surface area contributed by atoms with E-state index in [2.05, 4.69) is 31.1 Å². The Morgan fingerprint density at radius 2 is 2.10 bits per heavy atom. The Morgan fingerprint density at radius 1 is 1.30 bits per heavy atom. The highest BCUT2D eigenvalue weighted by Gasteiger charge is 2.05. The lowest BCUT2D eigenvalue weighted by molar-refractivity contribution is 0.0965. The van der Waals surface area contributed by atoms with Crippen LogP contribution in [0.3, 0.4) is 0 Å². The summed E-state index contributed by atoms with van der Waals surface area (Å²) in [5.74, 6) is 0.471. The number of ether oxygens (including phenoxy) is 2. The molecule has 20 heavy (non-hydrogen) atoms. The standard InChI is InChI=1S/C15H25ClN2O2/c1-4-5-6-19-7-8-20-15-14(16)9-13(11-18-15)10-17-12(2)3/h9,11-12,17H,4-8,10H2,1-3H3. The topological polar surface area (TPSA) is 43.4 Å². The Hall–Kier alpha value is -0.840. The highest BCUT2D eigenvalue weighted by atomic mass is 35.5. The first-order chi connectivity index (χ1) is 9.63. The predicted molar refractivity (Wildman–Crippen MR) is 82.4 cm³/mol. The number of hydrogen-bond donors (Lipinski definition) is 1. The highest BCUT2D eigenvalue weighted by Crippen LogP contribution is 2.22. The maximum atomic E-state index is 6.15. The van der Waals surface area contributed by atoms with Crippen molar-refractivity contribution in [1.82, 2.24) is 10.3 Å².